The number of rotatable bonds is 6. The number of carbonyl (C=O) groups is 2. The SMILES string of the molecule is CCC(C(=O)O)C(=O)c1ccc(OC(C)C)c(Cl)c1. The average Bonchev–Trinajstić information content (AvgIpc) is 2.31. The lowest BCUT2D eigenvalue weighted by molar-refractivity contribution is -0.140. The molecule has 0 spiro atoms. The maximum absolute atomic E-state index is 12.0. The van der Waals surface area contributed by atoms with Gasteiger partial charge in [0.1, 0.15) is 11.7 Å². The van der Waals surface area contributed by atoms with Gasteiger partial charge in [-0.2, -0.15) is 0 Å². The molecule has 4 nitrogen and oxygen atoms in total. The van der Waals surface area contributed by atoms with Crippen molar-refractivity contribution >= 4 is 23.4 Å². The monoisotopic (exact) mass is 284 g/mol. The number of carboxylic acid groups (broad SMARTS) is 1. The number of Topliss-reactive ketones (excluding diaryl/α,β-unsaturated/α-hetero) is 1. The molecule has 0 bridgehead atoms. The highest BCUT2D eigenvalue weighted by Gasteiger charge is 2.25. The van der Waals surface area contributed by atoms with Crippen LogP contribution in [0.3, 0.4) is 0 Å². The highest BCUT2D eigenvalue weighted by atomic mass is 35.5. The van der Waals surface area contributed by atoms with Crippen LogP contribution in [0, 0.1) is 5.92 Å². The molecule has 1 atom stereocenters. The minimum Gasteiger partial charge on any atom is -0.489 e. The number of benzene rings is 1. The van der Waals surface area contributed by atoms with Crippen LogP contribution in [-0.4, -0.2) is 23.0 Å². The van der Waals surface area contributed by atoms with Crippen LogP contribution in [0.4, 0.5) is 0 Å². The number of aliphatic carboxylic acids is 1. The predicted octanol–water partition coefficient (Wildman–Crippen LogP) is 3.42. The van der Waals surface area contributed by atoms with E-state index >= 15 is 0 Å². The van der Waals surface area contributed by atoms with Gasteiger partial charge in [0.15, 0.2) is 5.78 Å². The summed E-state index contributed by atoms with van der Waals surface area (Å²) in [7, 11) is 0. The van der Waals surface area contributed by atoms with Gasteiger partial charge < -0.3 is 9.84 Å². The van der Waals surface area contributed by atoms with Crippen LogP contribution < -0.4 is 4.74 Å². The standard InChI is InChI=1S/C14H17ClO4/c1-4-10(14(17)18)13(16)9-5-6-12(11(15)7-9)19-8(2)3/h5-8,10H,4H2,1-3H3,(H,17,18). The first kappa shape index (κ1) is 15.5. The van der Waals surface area contributed by atoms with Gasteiger partial charge in [0.2, 0.25) is 0 Å². The number of halogens is 1. The first-order chi connectivity index (χ1) is 8.86. The van der Waals surface area contributed by atoms with Gasteiger partial charge in [-0.15, -0.1) is 0 Å². The van der Waals surface area contributed by atoms with E-state index in [1.165, 1.54) is 12.1 Å². The molecular weight excluding hydrogens is 268 g/mol. The molecule has 5 heteroatoms. The van der Waals surface area contributed by atoms with Crippen LogP contribution >= 0.6 is 11.6 Å². The van der Waals surface area contributed by atoms with Gasteiger partial charge in [-0.1, -0.05) is 18.5 Å². The third-order valence-electron chi connectivity index (χ3n) is 2.60. The number of hydrogen-bond donors (Lipinski definition) is 1. The fraction of sp³-hybridized carbons (Fsp3) is 0.429. The van der Waals surface area contributed by atoms with E-state index in [0.717, 1.165) is 0 Å². The van der Waals surface area contributed by atoms with Crippen molar-refractivity contribution in [1.82, 2.24) is 0 Å². The highest BCUT2D eigenvalue weighted by Crippen LogP contribution is 2.27. The zero-order valence-electron chi connectivity index (χ0n) is 11.1. The molecule has 0 radical (unpaired) electrons. The van der Waals surface area contributed by atoms with Crippen molar-refractivity contribution in [2.45, 2.75) is 33.3 Å². The van der Waals surface area contributed by atoms with Crippen LogP contribution in [0.5, 0.6) is 5.75 Å². The molecule has 0 fully saturated rings. The Labute approximate surface area is 117 Å². The van der Waals surface area contributed by atoms with E-state index in [-0.39, 0.29) is 18.1 Å². The van der Waals surface area contributed by atoms with Gasteiger partial charge in [-0.3, -0.25) is 9.59 Å². The molecule has 0 amide bonds. The normalized spacial score (nSPS) is 12.3. The zero-order chi connectivity index (χ0) is 14.6. The molecule has 0 aliphatic carbocycles. The summed E-state index contributed by atoms with van der Waals surface area (Å²) in [6.45, 7) is 5.40. The van der Waals surface area contributed by atoms with Crippen LogP contribution in [-0.2, 0) is 4.79 Å². The topological polar surface area (TPSA) is 63.6 Å². The van der Waals surface area contributed by atoms with Gasteiger partial charge in [-0.05, 0) is 38.5 Å². The third-order valence-corrected chi connectivity index (χ3v) is 2.90. The second-order valence-corrected chi connectivity index (χ2v) is 4.88. The first-order valence-corrected chi connectivity index (χ1v) is 6.47. The van der Waals surface area contributed by atoms with Crippen molar-refractivity contribution in [3.05, 3.63) is 28.8 Å². The number of carboxylic acids is 1. The minimum absolute atomic E-state index is 0.0264. The quantitative estimate of drug-likeness (QED) is 0.642. The maximum Gasteiger partial charge on any atom is 0.314 e. The zero-order valence-corrected chi connectivity index (χ0v) is 11.9. The molecule has 0 aromatic heterocycles. The summed E-state index contributed by atoms with van der Waals surface area (Å²) in [5.74, 6) is -2.11. The summed E-state index contributed by atoms with van der Waals surface area (Å²) in [5.41, 5.74) is 0.287. The lowest BCUT2D eigenvalue weighted by atomic mass is 9.95. The molecule has 0 saturated heterocycles. The second kappa shape index (κ2) is 6.57. The summed E-state index contributed by atoms with van der Waals surface area (Å²) >= 11 is 6.02. The molecule has 1 N–H and O–H groups in total. The molecule has 1 aromatic rings. The number of ketones is 1. The van der Waals surface area contributed by atoms with Crippen LogP contribution in [0.15, 0.2) is 18.2 Å². The Bertz CT molecular complexity index is 482. The smallest absolute Gasteiger partial charge is 0.314 e. The third kappa shape index (κ3) is 3.96. The van der Waals surface area contributed by atoms with E-state index in [1.807, 2.05) is 13.8 Å². The van der Waals surface area contributed by atoms with Crippen LogP contribution in [0.2, 0.25) is 5.02 Å². The van der Waals surface area contributed by atoms with E-state index in [1.54, 1.807) is 13.0 Å². The molecule has 0 aliphatic heterocycles. The van der Waals surface area contributed by atoms with E-state index in [2.05, 4.69) is 0 Å². The minimum atomic E-state index is -1.12. The van der Waals surface area contributed by atoms with E-state index < -0.39 is 17.7 Å². The van der Waals surface area contributed by atoms with Crippen molar-refractivity contribution in [2.75, 3.05) is 0 Å². The molecular formula is C14H17ClO4. The van der Waals surface area contributed by atoms with Crippen molar-refractivity contribution in [1.29, 1.82) is 0 Å². The second-order valence-electron chi connectivity index (χ2n) is 4.48. The molecule has 1 rings (SSSR count). The summed E-state index contributed by atoms with van der Waals surface area (Å²) in [6.07, 6.45) is 0.220. The van der Waals surface area contributed by atoms with Crippen molar-refractivity contribution in [3.8, 4) is 5.75 Å². The van der Waals surface area contributed by atoms with E-state index in [9.17, 15) is 9.59 Å². The Balaban J connectivity index is 3.00. The number of carbonyl (C=O) groups excluding carboxylic acids is 1. The predicted molar refractivity (Wildman–Crippen MR) is 73.0 cm³/mol. The van der Waals surface area contributed by atoms with E-state index in [0.29, 0.717) is 10.8 Å². The van der Waals surface area contributed by atoms with Gasteiger partial charge in [0.05, 0.1) is 11.1 Å². The van der Waals surface area contributed by atoms with E-state index in [4.69, 9.17) is 21.4 Å². The Hall–Kier alpha value is -1.55. The van der Waals surface area contributed by atoms with Gasteiger partial charge in [-0.25, -0.2) is 0 Å². The summed E-state index contributed by atoms with van der Waals surface area (Å²) < 4.78 is 5.45. The van der Waals surface area contributed by atoms with Crippen molar-refractivity contribution < 1.29 is 19.4 Å². The Morgan fingerprint density at radius 3 is 2.42 bits per heavy atom. The summed E-state index contributed by atoms with van der Waals surface area (Å²) in [5, 5.41) is 9.27. The average molecular weight is 285 g/mol. The largest absolute Gasteiger partial charge is 0.489 e. The van der Waals surface area contributed by atoms with Crippen molar-refractivity contribution in [3.63, 3.8) is 0 Å². The lowest BCUT2D eigenvalue weighted by Gasteiger charge is -2.13. The maximum atomic E-state index is 12.0. The van der Waals surface area contributed by atoms with Crippen molar-refractivity contribution in [2.24, 2.45) is 5.92 Å². The molecule has 1 unspecified atom stereocenters. The van der Waals surface area contributed by atoms with Gasteiger partial charge in [0, 0.05) is 5.56 Å². The van der Waals surface area contributed by atoms with Gasteiger partial charge in [0.25, 0.3) is 0 Å². The molecule has 104 valence electrons. The Morgan fingerprint density at radius 2 is 2.00 bits per heavy atom. The first-order valence-electron chi connectivity index (χ1n) is 6.10. The fourth-order valence-corrected chi connectivity index (χ4v) is 1.90. The number of hydrogen-bond acceptors (Lipinski definition) is 3. The highest BCUT2D eigenvalue weighted by molar-refractivity contribution is 6.32. The number of ether oxygens (including phenoxy) is 1. The Kier molecular flexibility index (Phi) is 5.36. The molecule has 1 aromatic carbocycles. The molecule has 0 heterocycles. The van der Waals surface area contributed by atoms with Crippen LogP contribution in [0.25, 0.3) is 0 Å². The Morgan fingerprint density at radius 1 is 1.37 bits per heavy atom. The molecule has 19 heavy (non-hydrogen) atoms. The fourth-order valence-electron chi connectivity index (χ4n) is 1.68. The summed E-state index contributed by atoms with van der Waals surface area (Å²) in [6, 6.07) is 4.58. The van der Waals surface area contributed by atoms with Crippen LogP contribution in [0.1, 0.15) is 37.6 Å². The molecule has 0 saturated carbocycles. The summed E-state index contributed by atoms with van der Waals surface area (Å²) in [4.78, 5) is 23.0. The van der Waals surface area contributed by atoms with Gasteiger partial charge >= 0.3 is 5.97 Å². The lowest BCUT2D eigenvalue weighted by Crippen LogP contribution is -2.23. The molecule has 0 aliphatic rings.